The lowest BCUT2D eigenvalue weighted by Gasteiger charge is -2.13. The van der Waals surface area contributed by atoms with E-state index in [2.05, 4.69) is 24.1 Å². The first-order chi connectivity index (χ1) is 9.47. The number of anilines is 2. The summed E-state index contributed by atoms with van der Waals surface area (Å²) in [7, 11) is 0. The maximum absolute atomic E-state index is 11.8. The fraction of sp³-hybridized carbons (Fsp3) is 0.714. The average molecular weight is 282 g/mol. The zero-order valence-electron chi connectivity index (χ0n) is 12.7. The van der Waals surface area contributed by atoms with Crippen molar-refractivity contribution in [3.8, 4) is 0 Å². The molecular weight excluding hydrogens is 256 g/mol. The molecule has 0 amide bonds. The summed E-state index contributed by atoms with van der Waals surface area (Å²) >= 11 is 0. The lowest BCUT2D eigenvalue weighted by Crippen LogP contribution is -2.34. The Morgan fingerprint density at radius 2 is 2.00 bits per heavy atom. The largest absolute Gasteiger partial charge is 0.383 e. The van der Waals surface area contributed by atoms with Crippen molar-refractivity contribution in [1.82, 2.24) is 9.55 Å². The van der Waals surface area contributed by atoms with Gasteiger partial charge in [0.2, 0.25) is 0 Å². The molecule has 1 heterocycles. The van der Waals surface area contributed by atoms with Gasteiger partial charge < -0.3 is 11.1 Å². The van der Waals surface area contributed by atoms with Crippen molar-refractivity contribution in [3.63, 3.8) is 0 Å². The highest BCUT2D eigenvalue weighted by atomic mass is 16.2. The van der Waals surface area contributed by atoms with E-state index in [0.29, 0.717) is 24.7 Å². The van der Waals surface area contributed by atoms with E-state index in [0.717, 1.165) is 19.3 Å². The average Bonchev–Trinajstić information content (AvgIpc) is 2.37. The van der Waals surface area contributed by atoms with Gasteiger partial charge in [0, 0.05) is 13.1 Å². The number of hydrogen-bond acceptors (Lipinski definition) is 4. The first-order valence-electron chi connectivity index (χ1n) is 7.33. The summed E-state index contributed by atoms with van der Waals surface area (Å²) in [5.41, 5.74) is 5.34. The third kappa shape index (κ3) is 4.43. The number of aromatic nitrogens is 2. The molecule has 4 N–H and O–H groups in total. The first-order valence-corrected chi connectivity index (χ1v) is 7.33. The molecule has 0 atom stereocenters. The van der Waals surface area contributed by atoms with Gasteiger partial charge >= 0.3 is 5.69 Å². The number of rotatable bonds is 8. The van der Waals surface area contributed by atoms with Crippen LogP contribution in [0.25, 0.3) is 0 Å². The summed E-state index contributed by atoms with van der Waals surface area (Å²) in [6.07, 6.45) is 4.04. The van der Waals surface area contributed by atoms with Crippen LogP contribution in [0, 0.1) is 5.92 Å². The van der Waals surface area contributed by atoms with E-state index in [-0.39, 0.29) is 5.82 Å². The molecule has 1 aromatic rings. The molecule has 0 aromatic carbocycles. The molecule has 0 bridgehead atoms. The minimum absolute atomic E-state index is 0.226. The van der Waals surface area contributed by atoms with Gasteiger partial charge in [-0.3, -0.25) is 14.3 Å². The number of nitrogens with zero attached hydrogens (tertiary/aromatic N) is 1. The van der Waals surface area contributed by atoms with Gasteiger partial charge in [-0.1, -0.05) is 33.6 Å². The van der Waals surface area contributed by atoms with Crippen molar-refractivity contribution >= 4 is 11.5 Å². The first kappa shape index (κ1) is 16.3. The number of H-pyrrole nitrogens is 1. The van der Waals surface area contributed by atoms with Crippen LogP contribution >= 0.6 is 0 Å². The summed E-state index contributed by atoms with van der Waals surface area (Å²) in [4.78, 5) is 25.7. The van der Waals surface area contributed by atoms with Crippen LogP contribution in [0.15, 0.2) is 9.59 Å². The minimum Gasteiger partial charge on any atom is -0.383 e. The highest BCUT2D eigenvalue weighted by molar-refractivity contribution is 5.60. The Bertz CT molecular complexity index is 531. The van der Waals surface area contributed by atoms with E-state index in [4.69, 9.17) is 5.73 Å². The Balaban J connectivity index is 2.72. The standard InChI is InChI=1S/C14H26N4O2/c1-4-9-18-12(15)11(13(19)17-14(18)20)16-8-6-5-7-10(2)3/h10,16H,4-9,15H2,1-3H3,(H,17,19,20). The highest BCUT2D eigenvalue weighted by Crippen LogP contribution is 2.11. The molecule has 0 aliphatic carbocycles. The fourth-order valence-electron chi connectivity index (χ4n) is 2.10. The monoisotopic (exact) mass is 282 g/mol. The number of nitrogen functional groups attached to an aromatic ring is 1. The zero-order valence-corrected chi connectivity index (χ0v) is 12.7. The second kappa shape index (κ2) is 7.77. The molecule has 1 rings (SSSR count). The van der Waals surface area contributed by atoms with Crippen molar-refractivity contribution in [2.24, 2.45) is 5.92 Å². The SMILES string of the molecule is CCCn1c(N)c(NCCCCC(C)C)c(=O)[nH]c1=O. The number of unbranched alkanes of at least 4 members (excludes halogenated alkanes) is 1. The van der Waals surface area contributed by atoms with Gasteiger partial charge in [-0.05, 0) is 18.8 Å². The Morgan fingerprint density at radius 3 is 2.60 bits per heavy atom. The Kier molecular flexibility index (Phi) is 6.35. The molecule has 0 aliphatic heterocycles. The zero-order chi connectivity index (χ0) is 15.1. The van der Waals surface area contributed by atoms with Gasteiger partial charge in [0.05, 0.1) is 0 Å². The topological polar surface area (TPSA) is 92.9 Å². The van der Waals surface area contributed by atoms with Crippen LogP contribution in [0.5, 0.6) is 0 Å². The Labute approximate surface area is 119 Å². The van der Waals surface area contributed by atoms with Crippen molar-refractivity contribution in [2.45, 2.75) is 53.0 Å². The van der Waals surface area contributed by atoms with Gasteiger partial charge in [0.25, 0.3) is 5.56 Å². The second-order valence-electron chi connectivity index (χ2n) is 5.49. The van der Waals surface area contributed by atoms with Crippen molar-refractivity contribution in [3.05, 3.63) is 20.8 Å². The van der Waals surface area contributed by atoms with Gasteiger partial charge in [-0.25, -0.2) is 4.79 Å². The number of nitrogens with two attached hydrogens (primary N) is 1. The normalized spacial score (nSPS) is 11.0. The molecule has 0 unspecified atom stereocenters. The van der Waals surface area contributed by atoms with Gasteiger partial charge in [-0.15, -0.1) is 0 Å². The molecule has 0 saturated carbocycles. The molecule has 0 aliphatic rings. The lowest BCUT2D eigenvalue weighted by atomic mass is 10.1. The van der Waals surface area contributed by atoms with Crippen LogP contribution in [0.4, 0.5) is 11.5 Å². The third-order valence-corrected chi connectivity index (χ3v) is 3.20. The quantitative estimate of drug-likeness (QED) is 0.633. The van der Waals surface area contributed by atoms with Crippen LogP contribution in [-0.4, -0.2) is 16.1 Å². The van der Waals surface area contributed by atoms with E-state index in [1.165, 1.54) is 11.0 Å². The van der Waals surface area contributed by atoms with Crippen molar-refractivity contribution in [2.75, 3.05) is 17.6 Å². The Morgan fingerprint density at radius 1 is 1.30 bits per heavy atom. The molecule has 1 aromatic heterocycles. The molecule has 114 valence electrons. The summed E-state index contributed by atoms with van der Waals surface area (Å²) < 4.78 is 1.40. The summed E-state index contributed by atoms with van der Waals surface area (Å²) in [5.74, 6) is 0.916. The summed E-state index contributed by atoms with van der Waals surface area (Å²) in [5, 5.41) is 3.05. The minimum atomic E-state index is -0.445. The van der Waals surface area contributed by atoms with Crippen LogP contribution in [0.1, 0.15) is 46.5 Å². The third-order valence-electron chi connectivity index (χ3n) is 3.20. The number of hydrogen-bond donors (Lipinski definition) is 3. The maximum atomic E-state index is 11.8. The van der Waals surface area contributed by atoms with E-state index in [1.807, 2.05) is 6.92 Å². The van der Waals surface area contributed by atoms with Crippen LogP contribution in [0.2, 0.25) is 0 Å². The molecular formula is C14H26N4O2. The van der Waals surface area contributed by atoms with Gasteiger partial charge in [0.1, 0.15) is 11.5 Å². The van der Waals surface area contributed by atoms with Gasteiger partial charge in [-0.2, -0.15) is 0 Å². The molecule has 0 saturated heterocycles. The van der Waals surface area contributed by atoms with Crippen molar-refractivity contribution in [1.29, 1.82) is 0 Å². The summed E-state index contributed by atoms with van der Waals surface area (Å²) in [6, 6.07) is 0. The molecule has 20 heavy (non-hydrogen) atoms. The van der Waals surface area contributed by atoms with E-state index in [9.17, 15) is 9.59 Å². The van der Waals surface area contributed by atoms with Crippen molar-refractivity contribution < 1.29 is 0 Å². The Hall–Kier alpha value is -1.72. The highest BCUT2D eigenvalue weighted by Gasteiger charge is 2.10. The maximum Gasteiger partial charge on any atom is 0.330 e. The summed E-state index contributed by atoms with van der Waals surface area (Å²) in [6.45, 7) is 7.53. The smallest absolute Gasteiger partial charge is 0.330 e. The van der Waals surface area contributed by atoms with E-state index >= 15 is 0 Å². The van der Waals surface area contributed by atoms with Crippen LogP contribution in [-0.2, 0) is 6.54 Å². The van der Waals surface area contributed by atoms with Gasteiger partial charge in [0.15, 0.2) is 0 Å². The lowest BCUT2D eigenvalue weighted by molar-refractivity contribution is 0.544. The second-order valence-corrected chi connectivity index (χ2v) is 5.49. The van der Waals surface area contributed by atoms with Crippen LogP contribution in [0.3, 0.4) is 0 Å². The van der Waals surface area contributed by atoms with Crippen LogP contribution < -0.4 is 22.3 Å². The predicted molar refractivity (Wildman–Crippen MR) is 83.2 cm³/mol. The molecule has 0 radical (unpaired) electrons. The molecule has 6 heteroatoms. The predicted octanol–water partition coefficient (Wildman–Crippen LogP) is 1.77. The molecule has 0 fully saturated rings. The molecule has 0 spiro atoms. The number of aromatic amines is 1. The van der Waals surface area contributed by atoms with E-state index < -0.39 is 11.2 Å². The fourth-order valence-corrected chi connectivity index (χ4v) is 2.10. The number of nitrogens with one attached hydrogen (secondary N) is 2. The molecule has 6 nitrogen and oxygen atoms in total. The van der Waals surface area contributed by atoms with E-state index in [1.54, 1.807) is 0 Å².